The number of rotatable bonds is 6. The zero-order chi connectivity index (χ0) is 24.4. The van der Waals surface area contributed by atoms with E-state index in [9.17, 15) is 30.9 Å². The smallest absolute Gasteiger partial charge is 0.416 e. The molecule has 33 heavy (non-hydrogen) atoms. The largest absolute Gasteiger partial charge is 0.612 e. The Morgan fingerprint density at radius 2 is 1.79 bits per heavy atom. The molecule has 2 aromatic rings. The quantitative estimate of drug-likeness (QED) is 0.471. The zero-order valence-electron chi connectivity index (χ0n) is 17.9. The Balaban J connectivity index is 2.11. The zero-order valence-corrected chi connectivity index (χ0v) is 19.6. The van der Waals surface area contributed by atoms with Crippen LogP contribution in [0.2, 0.25) is 0 Å². The lowest BCUT2D eigenvalue weighted by molar-refractivity contribution is -0.137. The van der Waals surface area contributed by atoms with E-state index in [-0.39, 0.29) is 16.1 Å². The van der Waals surface area contributed by atoms with E-state index in [0.29, 0.717) is 18.8 Å². The fourth-order valence-electron chi connectivity index (χ4n) is 3.60. The molecule has 1 aliphatic heterocycles. The van der Waals surface area contributed by atoms with Gasteiger partial charge in [0.25, 0.3) is 10.0 Å². The van der Waals surface area contributed by atoms with Gasteiger partial charge in [0.2, 0.25) is 0 Å². The van der Waals surface area contributed by atoms with E-state index in [1.54, 1.807) is 0 Å². The maximum atomic E-state index is 13.4. The average Bonchev–Trinajstić information content (AvgIpc) is 2.77. The van der Waals surface area contributed by atoms with Gasteiger partial charge in [-0.25, -0.2) is 13.2 Å². The minimum Gasteiger partial charge on any atom is -0.612 e. The van der Waals surface area contributed by atoms with E-state index in [2.05, 4.69) is 9.46 Å². The maximum Gasteiger partial charge on any atom is 0.416 e. The second-order valence-corrected chi connectivity index (χ2v) is 10.5. The molecule has 0 aromatic heterocycles. The van der Waals surface area contributed by atoms with Gasteiger partial charge < -0.3 is 14.2 Å². The maximum absolute atomic E-state index is 13.4. The summed E-state index contributed by atoms with van der Waals surface area (Å²) in [7, 11) is -3.40. The van der Waals surface area contributed by atoms with Crippen molar-refractivity contribution in [3.05, 3.63) is 47.5 Å². The highest BCUT2D eigenvalue weighted by atomic mass is 32.2. The van der Waals surface area contributed by atoms with Crippen molar-refractivity contribution in [3.63, 3.8) is 0 Å². The number of halogens is 3. The number of alkyl halides is 3. The Morgan fingerprint density at radius 1 is 1.12 bits per heavy atom. The van der Waals surface area contributed by atoms with E-state index >= 15 is 0 Å². The average molecular weight is 505 g/mol. The second kappa shape index (κ2) is 9.82. The van der Waals surface area contributed by atoms with Crippen LogP contribution in [0.1, 0.15) is 35.2 Å². The number of anilines is 2. The number of nitrogens with zero attached hydrogens (tertiary/aromatic N) is 1. The summed E-state index contributed by atoms with van der Waals surface area (Å²) in [5.74, 6) is -0.812. The standard InChI is InChI=1S/C21H23F3N2O5S2/c1-31-20(27)14-6-9-18(32(2)28)19(12-14)33(29,30)25-16-13-15(21(22,23)24)7-8-17(16)26-10-4-3-5-11-26/h6-9,12-13,25H,3-5,10-11H2,1-2H3. The molecule has 1 aliphatic rings. The van der Waals surface area contributed by atoms with Crippen LogP contribution in [0.15, 0.2) is 46.2 Å². The first-order chi connectivity index (χ1) is 15.4. The second-order valence-electron chi connectivity index (χ2n) is 7.49. The van der Waals surface area contributed by atoms with Crippen LogP contribution in [0.4, 0.5) is 24.5 Å². The van der Waals surface area contributed by atoms with Gasteiger partial charge >= 0.3 is 12.1 Å². The van der Waals surface area contributed by atoms with Gasteiger partial charge in [-0.05, 0) is 66.8 Å². The van der Waals surface area contributed by atoms with Gasteiger partial charge in [-0.1, -0.05) is 0 Å². The molecule has 1 fully saturated rings. The number of carbonyl (C=O) groups excluding carboxylic acids is 1. The number of piperidine rings is 1. The van der Waals surface area contributed by atoms with Gasteiger partial charge in [-0.2, -0.15) is 13.2 Å². The van der Waals surface area contributed by atoms with Crippen LogP contribution >= 0.6 is 0 Å². The van der Waals surface area contributed by atoms with E-state index < -0.39 is 43.8 Å². The summed E-state index contributed by atoms with van der Waals surface area (Å²) in [6.07, 6.45) is -0.790. The van der Waals surface area contributed by atoms with Crippen molar-refractivity contribution in [2.45, 2.75) is 35.2 Å². The number of esters is 1. The normalized spacial score (nSPS) is 15.8. The third kappa shape index (κ3) is 5.74. The topological polar surface area (TPSA) is 98.8 Å². The van der Waals surface area contributed by atoms with Gasteiger partial charge in [0.05, 0.1) is 29.6 Å². The van der Waals surface area contributed by atoms with Crippen molar-refractivity contribution < 1.29 is 35.7 Å². The van der Waals surface area contributed by atoms with Crippen LogP contribution in [0.3, 0.4) is 0 Å². The van der Waals surface area contributed by atoms with Gasteiger partial charge in [-0.15, -0.1) is 0 Å². The number of hydrogen-bond acceptors (Lipinski definition) is 6. The number of hydrogen-bond donors (Lipinski definition) is 1. The lowest BCUT2D eigenvalue weighted by Gasteiger charge is -2.31. The number of benzene rings is 2. The molecular weight excluding hydrogens is 481 g/mol. The molecule has 7 nitrogen and oxygen atoms in total. The monoisotopic (exact) mass is 504 g/mol. The van der Waals surface area contributed by atoms with Crippen molar-refractivity contribution in [1.29, 1.82) is 0 Å². The summed E-state index contributed by atoms with van der Waals surface area (Å²) in [6, 6.07) is 6.38. The molecule has 0 radical (unpaired) electrons. The first-order valence-corrected chi connectivity index (χ1v) is 13.0. The predicted molar refractivity (Wildman–Crippen MR) is 118 cm³/mol. The third-order valence-electron chi connectivity index (χ3n) is 5.23. The van der Waals surface area contributed by atoms with Gasteiger partial charge in [-0.3, -0.25) is 4.72 Å². The van der Waals surface area contributed by atoms with Crippen LogP contribution in [0.25, 0.3) is 0 Å². The Hall–Kier alpha value is -2.44. The van der Waals surface area contributed by atoms with Crippen molar-refractivity contribution in [2.24, 2.45) is 0 Å². The van der Waals surface area contributed by atoms with Crippen molar-refractivity contribution in [1.82, 2.24) is 0 Å². The van der Waals surface area contributed by atoms with Crippen LogP contribution in [-0.2, 0) is 32.1 Å². The van der Waals surface area contributed by atoms with E-state index in [4.69, 9.17) is 0 Å². The molecule has 0 bridgehead atoms. The first-order valence-electron chi connectivity index (χ1n) is 9.99. The molecule has 0 amide bonds. The number of methoxy groups -OCH3 is 1. The van der Waals surface area contributed by atoms with Crippen LogP contribution in [0, 0.1) is 0 Å². The minimum absolute atomic E-state index is 0.0957. The van der Waals surface area contributed by atoms with Crippen LogP contribution in [-0.4, -0.2) is 45.4 Å². The van der Waals surface area contributed by atoms with Crippen LogP contribution < -0.4 is 9.62 Å². The molecule has 1 heterocycles. The molecule has 1 saturated heterocycles. The van der Waals surface area contributed by atoms with Crippen molar-refractivity contribution in [3.8, 4) is 0 Å². The van der Waals surface area contributed by atoms with Gasteiger partial charge in [0.1, 0.15) is 11.2 Å². The number of sulfonamides is 1. The summed E-state index contributed by atoms with van der Waals surface area (Å²) in [6.45, 7) is 1.14. The van der Waals surface area contributed by atoms with E-state index in [1.807, 2.05) is 4.90 Å². The molecule has 2 aromatic carbocycles. The first kappa shape index (κ1) is 25.2. The summed E-state index contributed by atoms with van der Waals surface area (Å²) >= 11 is -1.76. The predicted octanol–water partition coefficient (Wildman–Crippen LogP) is 4.02. The molecule has 1 atom stereocenters. The Bertz CT molecular complexity index is 1130. The fraction of sp³-hybridized carbons (Fsp3) is 0.381. The SMILES string of the molecule is COC(=O)c1ccc([S+](C)[O-])c(S(=O)(=O)Nc2cc(C(F)(F)F)ccc2N2CCCCC2)c1. The molecule has 180 valence electrons. The molecule has 12 heteroatoms. The third-order valence-corrected chi connectivity index (χ3v) is 7.74. The van der Waals surface area contributed by atoms with Crippen molar-refractivity contribution >= 4 is 38.5 Å². The number of ether oxygens (including phenoxy) is 1. The molecule has 0 aliphatic carbocycles. The summed E-state index contributed by atoms with van der Waals surface area (Å²) in [4.78, 5) is 13.2. The highest BCUT2D eigenvalue weighted by molar-refractivity contribution is 7.95. The molecule has 0 spiro atoms. The van der Waals surface area contributed by atoms with Crippen molar-refractivity contribution in [2.75, 3.05) is 36.1 Å². The highest BCUT2D eigenvalue weighted by Crippen LogP contribution is 2.37. The fourth-order valence-corrected chi connectivity index (χ4v) is 6.07. The Labute approximate surface area is 193 Å². The van der Waals surface area contributed by atoms with Crippen LogP contribution in [0.5, 0.6) is 0 Å². The molecule has 1 N–H and O–H groups in total. The minimum atomic E-state index is -4.68. The molecule has 1 unspecified atom stereocenters. The Kier molecular flexibility index (Phi) is 7.49. The highest BCUT2D eigenvalue weighted by Gasteiger charge is 2.33. The summed E-state index contributed by atoms with van der Waals surface area (Å²) in [5, 5.41) is 0. The molecule has 3 rings (SSSR count). The van der Waals surface area contributed by atoms with Gasteiger partial charge in [0.15, 0.2) is 4.90 Å². The number of nitrogens with one attached hydrogen (secondary N) is 1. The lowest BCUT2D eigenvalue weighted by atomic mass is 10.1. The number of carbonyl (C=O) groups is 1. The summed E-state index contributed by atoms with van der Waals surface area (Å²) in [5.41, 5.74) is -1.05. The molecule has 0 saturated carbocycles. The lowest BCUT2D eigenvalue weighted by Crippen LogP contribution is -2.30. The summed E-state index contributed by atoms with van der Waals surface area (Å²) < 4.78 is 85.7. The Morgan fingerprint density at radius 3 is 2.36 bits per heavy atom. The van der Waals surface area contributed by atoms with E-state index in [1.165, 1.54) is 24.5 Å². The van der Waals surface area contributed by atoms with Gasteiger partial charge in [0, 0.05) is 13.1 Å². The van der Waals surface area contributed by atoms with E-state index in [0.717, 1.165) is 44.6 Å². The molecular formula is C21H23F3N2O5S2.